The standard InChI is InChI=1S/C19H14Cl2F3NO3/c20-13-6-12(7-14(21)8-13)18(27,19(22,23)24)9-17(26)11-1-3-15-10(5-11)2-4-16(15)25-28/h1,3,5-8,27-28H,2,4,9H2/b25-16-/t18-/m1/s1. The summed E-state index contributed by atoms with van der Waals surface area (Å²) in [5.74, 6) is -0.895. The van der Waals surface area contributed by atoms with Gasteiger partial charge in [0, 0.05) is 21.2 Å². The molecule has 0 fully saturated rings. The Labute approximate surface area is 168 Å². The van der Waals surface area contributed by atoms with Gasteiger partial charge in [0.25, 0.3) is 0 Å². The van der Waals surface area contributed by atoms with Gasteiger partial charge in [-0.15, -0.1) is 0 Å². The van der Waals surface area contributed by atoms with E-state index in [9.17, 15) is 23.1 Å². The second kappa shape index (κ2) is 7.39. The molecule has 0 heterocycles. The van der Waals surface area contributed by atoms with Crippen LogP contribution in [0.15, 0.2) is 41.6 Å². The van der Waals surface area contributed by atoms with Crippen LogP contribution in [0.2, 0.25) is 10.0 Å². The highest BCUT2D eigenvalue weighted by Crippen LogP contribution is 2.44. The van der Waals surface area contributed by atoms with E-state index in [0.29, 0.717) is 29.7 Å². The zero-order valence-electron chi connectivity index (χ0n) is 14.2. The van der Waals surface area contributed by atoms with Gasteiger partial charge in [-0.1, -0.05) is 40.5 Å². The topological polar surface area (TPSA) is 69.9 Å². The van der Waals surface area contributed by atoms with Gasteiger partial charge in [-0.25, -0.2) is 0 Å². The molecule has 2 N–H and O–H groups in total. The highest BCUT2D eigenvalue weighted by atomic mass is 35.5. The molecule has 1 aliphatic rings. The van der Waals surface area contributed by atoms with Gasteiger partial charge in [-0.3, -0.25) is 4.79 Å². The molecule has 9 heteroatoms. The van der Waals surface area contributed by atoms with E-state index < -0.39 is 29.5 Å². The average Bonchev–Trinajstić information content (AvgIpc) is 3.02. The largest absolute Gasteiger partial charge is 0.421 e. The lowest BCUT2D eigenvalue weighted by atomic mass is 9.86. The molecule has 0 amide bonds. The maximum absolute atomic E-state index is 13.7. The number of ketones is 1. The fourth-order valence-corrected chi connectivity index (χ4v) is 3.77. The van der Waals surface area contributed by atoms with Crippen molar-refractivity contribution in [2.24, 2.45) is 5.16 Å². The van der Waals surface area contributed by atoms with E-state index in [-0.39, 0.29) is 15.6 Å². The normalized spacial score (nSPS) is 17.4. The van der Waals surface area contributed by atoms with Crippen LogP contribution < -0.4 is 0 Å². The number of aliphatic hydroxyl groups is 1. The van der Waals surface area contributed by atoms with Crippen LogP contribution in [0.3, 0.4) is 0 Å². The minimum Gasteiger partial charge on any atom is -0.411 e. The zero-order valence-corrected chi connectivity index (χ0v) is 15.7. The van der Waals surface area contributed by atoms with Crippen LogP contribution in [-0.4, -0.2) is 28.0 Å². The molecular formula is C19H14Cl2F3NO3. The Balaban J connectivity index is 1.97. The predicted molar refractivity (Wildman–Crippen MR) is 98.4 cm³/mol. The summed E-state index contributed by atoms with van der Waals surface area (Å²) in [7, 11) is 0. The van der Waals surface area contributed by atoms with Gasteiger partial charge in [-0.05, 0) is 48.2 Å². The van der Waals surface area contributed by atoms with Crippen molar-refractivity contribution in [2.75, 3.05) is 0 Å². The molecule has 2 aromatic carbocycles. The van der Waals surface area contributed by atoms with Gasteiger partial charge in [0.1, 0.15) is 0 Å². The van der Waals surface area contributed by atoms with E-state index in [1.165, 1.54) is 24.3 Å². The smallest absolute Gasteiger partial charge is 0.411 e. The summed E-state index contributed by atoms with van der Waals surface area (Å²) in [6, 6.07) is 7.41. The Morgan fingerprint density at radius 1 is 1.07 bits per heavy atom. The van der Waals surface area contributed by atoms with Gasteiger partial charge in [0.05, 0.1) is 12.1 Å². The monoisotopic (exact) mass is 431 g/mol. The second-order valence-electron chi connectivity index (χ2n) is 6.53. The Hall–Kier alpha value is -2.09. The number of hydrogen-bond acceptors (Lipinski definition) is 4. The zero-order chi connectivity index (χ0) is 20.7. The van der Waals surface area contributed by atoms with Crippen molar-refractivity contribution >= 4 is 34.7 Å². The third kappa shape index (κ3) is 3.74. The molecule has 3 rings (SSSR count). The van der Waals surface area contributed by atoms with Crippen LogP contribution in [0, 0.1) is 0 Å². The van der Waals surface area contributed by atoms with Crippen molar-refractivity contribution in [1.82, 2.24) is 0 Å². The lowest BCUT2D eigenvalue weighted by molar-refractivity contribution is -0.264. The van der Waals surface area contributed by atoms with Crippen molar-refractivity contribution in [3.05, 3.63) is 68.7 Å². The SMILES string of the molecule is O=C(C[C@@](O)(c1cc(Cl)cc(Cl)c1)C(F)(F)F)c1ccc2c(c1)CC/C2=N/O. The number of Topliss-reactive ketones (excluding diaryl/α,β-unsaturated/α-hetero) is 1. The Morgan fingerprint density at radius 2 is 1.71 bits per heavy atom. The molecular weight excluding hydrogens is 418 g/mol. The van der Waals surface area contributed by atoms with E-state index >= 15 is 0 Å². The van der Waals surface area contributed by atoms with Crippen LogP contribution in [0.25, 0.3) is 0 Å². The van der Waals surface area contributed by atoms with Gasteiger partial charge in [0.2, 0.25) is 0 Å². The molecule has 0 unspecified atom stereocenters. The Morgan fingerprint density at radius 3 is 2.29 bits per heavy atom. The molecule has 148 valence electrons. The highest BCUT2D eigenvalue weighted by Gasteiger charge is 2.56. The molecule has 0 aromatic heterocycles. The number of nitrogens with zero attached hydrogens (tertiary/aromatic N) is 1. The number of halogens is 5. The average molecular weight is 432 g/mol. The van der Waals surface area contributed by atoms with Crippen LogP contribution in [0.5, 0.6) is 0 Å². The summed E-state index contributed by atoms with van der Waals surface area (Å²) < 4.78 is 41.1. The van der Waals surface area contributed by atoms with Gasteiger partial charge < -0.3 is 10.3 Å². The van der Waals surface area contributed by atoms with E-state index in [0.717, 1.165) is 12.1 Å². The number of carbonyl (C=O) groups excluding carboxylic acids is 1. The van der Waals surface area contributed by atoms with Crippen molar-refractivity contribution < 1.29 is 28.3 Å². The molecule has 2 aromatic rings. The summed E-state index contributed by atoms with van der Waals surface area (Å²) in [6.45, 7) is 0. The van der Waals surface area contributed by atoms with Crippen molar-refractivity contribution in [1.29, 1.82) is 0 Å². The number of alkyl halides is 3. The molecule has 0 bridgehead atoms. The lowest BCUT2D eigenvalue weighted by Gasteiger charge is -2.30. The van der Waals surface area contributed by atoms with Crippen molar-refractivity contribution in [3.63, 3.8) is 0 Å². The number of fused-ring (bicyclic) bond motifs is 1. The molecule has 0 saturated heterocycles. The van der Waals surface area contributed by atoms with Crippen LogP contribution in [0.4, 0.5) is 13.2 Å². The van der Waals surface area contributed by atoms with Gasteiger partial charge in [-0.2, -0.15) is 13.2 Å². The molecule has 1 aliphatic carbocycles. The van der Waals surface area contributed by atoms with Crippen LogP contribution in [-0.2, 0) is 12.0 Å². The Kier molecular flexibility index (Phi) is 5.44. The summed E-state index contributed by atoms with van der Waals surface area (Å²) in [4.78, 5) is 12.6. The maximum atomic E-state index is 13.7. The first-order valence-electron chi connectivity index (χ1n) is 8.18. The van der Waals surface area contributed by atoms with E-state index in [2.05, 4.69) is 5.16 Å². The third-order valence-corrected chi connectivity index (χ3v) is 5.15. The number of rotatable bonds is 4. The number of oxime groups is 1. The fraction of sp³-hybridized carbons (Fsp3) is 0.263. The van der Waals surface area contributed by atoms with E-state index in [1.807, 2.05) is 0 Å². The molecule has 0 saturated carbocycles. The lowest BCUT2D eigenvalue weighted by Crippen LogP contribution is -2.44. The molecule has 4 nitrogen and oxygen atoms in total. The number of hydrogen-bond donors (Lipinski definition) is 2. The van der Waals surface area contributed by atoms with Gasteiger partial charge >= 0.3 is 6.18 Å². The summed E-state index contributed by atoms with van der Waals surface area (Å²) in [5, 5.41) is 22.4. The first-order valence-corrected chi connectivity index (χ1v) is 8.94. The maximum Gasteiger partial charge on any atom is 0.421 e. The summed E-state index contributed by atoms with van der Waals surface area (Å²) in [5.41, 5.74) is -2.24. The summed E-state index contributed by atoms with van der Waals surface area (Å²) >= 11 is 11.5. The van der Waals surface area contributed by atoms with Crippen molar-refractivity contribution in [3.8, 4) is 0 Å². The quantitative estimate of drug-likeness (QED) is 0.399. The molecule has 0 aliphatic heterocycles. The van der Waals surface area contributed by atoms with Crippen LogP contribution >= 0.6 is 23.2 Å². The number of benzene rings is 2. The first kappa shape index (κ1) is 20.6. The van der Waals surface area contributed by atoms with Gasteiger partial charge in [0.15, 0.2) is 11.4 Å². The minimum absolute atomic E-state index is 0.0220. The molecule has 28 heavy (non-hydrogen) atoms. The van der Waals surface area contributed by atoms with Crippen molar-refractivity contribution in [2.45, 2.75) is 31.0 Å². The highest BCUT2D eigenvalue weighted by molar-refractivity contribution is 6.34. The van der Waals surface area contributed by atoms with Crippen LogP contribution in [0.1, 0.15) is 39.9 Å². The number of aryl methyl sites for hydroxylation is 1. The Bertz CT molecular complexity index is 955. The third-order valence-electron chi connectivity index (χ3n) is 4.72. The fourth-order valence-electron chi connectivity index (χ4n) is 3.24. The molecule has 0 radical (unpaired) electrons. The predicted octanol–water partition coefficient (Wildman–Crippen LogP) is 5.14. The first-order chi connectivity index (χ1) is 13.0. The molecule has 0 spiro atoms. The number of carbonyl (C=O) groups is 1. The van der Waals surface area contributed by atoms with E-state index in [4.69, 9.17) is 28.4 Å². The summed E-state index contributed by atoms with van der Waals surface area (Å²) in [6.07, 6.45) is -5.39. The minimum atomic E-state index is -5.13. The molecule has 1 atom stereocenters. The van der Waals surface area contributed by atoms with E-state index in [1.54, 1.807) is 0 Å². The second-order valence-corrected chi connectivity index (χ2v) is 7.41.